The molecule has 0 saturated heterocycles. The highest BCUT2D eigenvalue weighted by atomic mass is 14.9. The normalized spacial score (nSPS) is 9.33. The summed E-state index contributed by atoms with van der Waals surface area (Å²) in [6.45, 7) is 3.59. The van der Waals surface area contributed by atoms with E-state index < -0.39 is 0 Å². The summed E-state index contributed by atoms with van der Waals surface area (Å²) in [5.74, 6) is 0.912. The van der Waals surface area contributed by atoms with Crippen LogP contribution in [0.15, 0.2) is 25.0 Å². The lowest BCUT2D eigenvalue weighted by molar-refractivity contribution is 1.10. The molecule has 0 atom stereocenters. The first-order chi connectivity index (χ1) is 4.43. The van der Waals surface area contributed by atoms with Gasteiger partial charge < -0.3 is 4.98 Å². The van der Waals surface area contributed by atoms with Crippen LogP contribution in [0.3, 0.4) is 0 Å². The van der Waals surface area contributed by atoms with Crippen LogP contribution in [0.5, 0.6) is 0 Å². The molecule has 1 radical (unpaired) electrons. The minimum absolute atomic E-state index is 0.869. The molecule has 2 heteroatoms. The Labute approximate surface area is 54.6 Å². The lowest BCUT2D eigenvalue weighted by Gasteiger charge is -1.86. The maximum atomic E-state index is 3.99. The molecule has 0 aliphatic heterocycles. The van der Waals surface area contributed by atoms with Crippen molar-refractivity contribution in [3.63, 3.8) is 0 Å². The van der Waals surface area contributed by atoms with Crippen LogP contribution in [0, 0.1) is 6.42 Å². The summed E-state index contributed by atoms with van der Waals surface area (Å²) < 4.78 is 0. The number of hydrogen-bond acceptors (Lipinski definition) is 1. The average Bonchev–Trinajstić information content (AvgIpc) is 2.34. The molecule has 1 aromatic rings. The first-order valence-electron chi connectivity index (χ1n) is 2.87. The van der Waals surface area contributed by atoms with Crippen molar-refractivity contribution in [2.75, 3.05) is 0 Å². The summed E-state index contributed by atoms with van der Waals surface area (Å²) in [7, 11) is 0. The van der Waals surface area contributed by atoms with E-state index >= 15 is 0 Å². The highest BCUT2D eigenvalue weighted by Gasteiger charge is 1.89. The summed E-state index contributed by atoms with van der Waals surface area (Å²) in [5, 5.41) is 0. The van der Waals surface area contributed by atoms with E-state index in [1.807, 2.05) is 12.5 Å². The first-order valence-corrected chi connectivity index (χ1v) is 2.87. The number of rotatable bonds is 3. The smallest absolute Gasteiger partial charge is 0.110 e. The Bertz CT molecular complexity index is 165. The first kappa shape index (κ1) is 6.08. The Morgan fingerprint density at radius 1 is 1.78 bits per heavy atom. The Morgan fingerprint density at radius 3 is 3.22 bits per heavy atom. The lowest BCUT2D eigenvalue weighted by Crippen LogP contribution is -1.80. The van der Waals surface area contributed by atoms with Gasteiger partial charge in [-0.2, -0.15) is 0 Å². The van der Waals surface area contributed by atoms with Crippen molar-refractivity contribution in [3.8, 4) is 0 Å². The van der Waals surface area contributed by atoms with Gasteiger partial charge >= 0.3 is 0 Å². The number of nitrogens with zero attached hydrogens (tertiary/aromatic N) is 1. The van der Waals surface area contributed by atoms with E-state index in [4.69, 9.17) is 0 Å². The van der Waals surface area contributed by atoms with E-state index in [-0.39, 0.29) is 0 Å². The van der Waals surface area contributed by atoms with Gasteiger partial charge in [-0.3, -0.25) is 0 Å². The van der Waals surface area contributed by atoms with E-state index in [1.165, 1.54) is 0 Å². The largest absolute Gasteiger partial charge is 0.348 e. The zero-order valence-electron chi connectivity index (χ0n) is 5.17. The van der Waals surface area contributed by atoms with E-state index in [9.17, 15) is 0 Å². The molecule has 0 aromatic carbocycles. The lowest BCUT2D eigenvalue weighted by atomic mass is 10.3. The van der Waals surface area contributed by atoms with E-state index in [1.54, 1.807) is 12.4 Å². The molecule has 0 saturated carbocycles. The van der Waals surface area contributed by atoms with Crippen LogP contribution in [0.2, 0.25) is 0 Å². The number of allylic oxidation sites excluding steroid dienone is 1. The SMILES string of the molecule is C=CC[CH]c1ncc[nH]1. The zero-order chi connectivity index (χ0) is 6.53. The fourth-order valence-corrected chi connectivity index (χ4v) is 0.584. The second-order valence-electron chi connectivity index (χ2n) is 1.70. The van der Waals surface area contributed by atoms with Gasteiger partial charge in [0.05, 0.1) is 0 Å². The molecule has 2 nitrogen and oxygen atoms in total. The summed E-state index contributed by atoms with van der Waals surface area (Å²) in [6, 6.07) is 0. The topological polar surface area (TPSA) is 28.7 Å². The minimum Gasteiger partial charge on any atom is -0.348 e. The molecular weight excluding hydrogens is 112 g/mol. The van der Waals surface area contributed by atoms with Crippen LogP contribution >= 0.6 is 0 Å². The number of imidazole rings is 1. The number of hydrogen-bond donors (Lipinski definition) is 1. The molecular formula is C7H9N2. The van der Waals surface area contributed by atoms with Crippen LogP contribution in [-0.4, -0.2) is 9.97 Å². The van der Waals surface area contributed by atoms with E-state index in [0.717, 1.165) is 12.2 Å². The van der Waals surface area contributed by atoms with Gasteiger partial charge in [0.15, 0.2) is 0 Å². The van der Waals surface area contributed by atoms with Gasteiger partial charge in [-0.25, -0.2) is 4.98 Å². The average molecular weight is 121 g/mol. The molecule has 47 valence electrons. The van der Waals surface area contributed by atoms with Crippen molar-refractivity contribution in [1.82, 2.24) is 9.97 Å². The van der Waals surface area contributed by atoms with Gasteiger partial charge in [-0.15, -0.1) is 6.58 Å². The van der Waals surface area contributed by atoms with Crippen molar-refractivity contribution in [3.05, 3.63) is 37.3 Å². The van der Waals surface area contributed by atoms with Crippen molar-refractivity contribution in [1.29, 1.82) is 0 Å². The Balaban J connectivity index is 2.38. The predicted octanol–water partition coefficient (Wildman–Crippen LogP) is 1.54. The molecule has 0 amide bonds. The second-order valence-corrected chi connectivity index (χ2v) is 1.70. The minimum atomic E-state index is 0.869. The number of aromatic amines is 1. The molecule has 0 fully saturated rings. The second kappa shape index (κ2) is 3.07. The molecule has 0 aliphatic rings. The van der Waals surface area contributed by atoms with Crippen molar-refractivity contribution >= 4 is 0 Å². The van der Waals surface area contributed by atoms with E-state index in [0.29, 0.717) is 0 Å². The predicted molar refractivity (Wildman–Crippen MR) is 36.8 cm³/mol. The maximum absolute atomic E-state index is 3.99. The highest BCUT2D eigenvalue weighted by Crippen LogP contribution is 1.96. The number of nitrogens with one attached hydrogen (secondary N) is 1. The van der Waals surface area contributed by atoms with Crippen molar-refractivity contribution in [2.24, 2.45) is 0 Å². The third-order valence-electron chi connectivity index (χ3n) is 0.997. The molecule has 1 aromatic heterocycles. The molecule has 0 unspecified atom stereocenters. The van der Waals surface area contributed by atoms with Gasteiger partial charge in [0.1, 0.15) is 5.82 Å². The fraction of sp³-hybridized carbons (Fsp3) is 0.143. The fourth-order valence-electron chi connectivity index (χ4n) is 0.584. The van der Waals surface area contributed by atoms with Crippen molar-refractivity contribution < 1.29 is 0 Å². The van der Waals surface area contributed by atoms with Gasteiger partial charge in [0.25, 0.3) is 0 Å². The monoisotopic (exact) mass is 121 g/mol. The zero-order valence-corrected chi connectivity index (χ0v) is 5.17. The Hall–Kier alpha value is -1.05. The molecule has 1 heterocycles. The van der Waals surface area contributed by atoms with E-state index in [2.05, 4.69) is 16.5 Å². The molecule has 0 bridgehead atoms. The third kappa shape index (κ3) is 1.72. The van der Waals surface area contributed by atoms with Crippen LogP contribution < -0.4 is 0 Å². The number of H-pyrrole nitrogens is 1. The van der Waals surface area contributed by atoms with Gasteiger partial charge in [0.2, 0.25) is 0 Å². The van der Waals surface area contributed by atoms with Gasteiger partial charge in [-0.1, -0.05) is 6.08 Å². The Morgan fingerprint density at radius 2 is 2.67 bits per heavy atom. The summed E-state index contributed by atoms with van der Waals surface area (Å²) in [6.07, 6.45) is 8.22. The standard InChI is InChI=1S/C7H9N2/c1-2-3-4-7-8-5-6-9-7/h2,4-6H,1,3H2,(H,8,9). The summed E-state index contributed by atoms with van der Waals surface area (Å²) in [4.78, 5) is 6.95. The van der Waals surface area contributed by atoms with Gasteiger partial charge in [-0.05, 0) is 6.42 Å². The molecule has 9 heavy (non-hydrogen) atoms. The molecule has 1 N–H and O–H groups in total. The number of aromatic nitrogens is 2. The molecule has 0 aliphatic carbocycles. The van der Waals surface area contributed by atoms with Crippen molar-refractivity contribution in [2.45, 2.75) is 6.42 Å². The Kier molecular flexibility index (Phi) is 2.07. The quantitative estimate of drug-likeness (QED) is 0.604. The van der Waals surface area contributed by atoms with Crippen LogP contribution in [0.25, 0.3) is 0 Å². The molecule has 0 spiro atoms. The molecule has 1 rings (SSSR count). The maximum Gasteiger partial charge on any atom is 0.110 e. The third-order valence-corrected chi connectivity index (χ3v) is 0.997. The van der Waals surface area contributed by atoms with Crippen LogP contribution in [-0.2, 0) is 0 Å². The summed E-state index contributed by atoms with van der Waals surface area (Å²) >= 11 is 0. The van der Waals surface area contributed by atoms with Crippen LogP contribution in [0.4, 0.5) is 0 Å². The highest BCUT2D eigenvalue weighted by molar-refractivity contribution is 5.02. The summed E-state index contributed by atoms with van der Waals surface area (Å²) in [5.41, 5.74) is 0. The van der Waals surface area contributed by atoms with Crippen LogP contribution in [0.1, 0.15) is 12.2 Å². The van der Waals surface area contributed by atoms with Gasteiger partial charge in [0, 0.05) is 18.8 Å².